The molecule has 0 aliphatic carbocycles. The number of aryl methyl sites for hydroxylation is 2. The maximum Gasteiger partial charge on any atom is 0.268 e. The highest BCUT2D eigenvalue weighted by molar-refractivity contribution is 5.25. The Bertz CT molecular complexity index is 803. The van der Waals surface area contributed by atoms with E-state index in [1.807, 2.05) is 6.07 Å². The molecule has 2 aromatic rings. The van der Waals surface area contributed by atoms with Crippen LogP contribution in [0.5, 0.6) is 0 Å². The van der Waals surface area contributed by atoms with E-state index in [0.29, 0.717) is 5.56 Å². The van der Waals surface area contributed by atoms with E-state index in [1.54, 1.807) is 32.4 Å². The summed E-state index contributed by atoms with van der Waals surface area (Å²) < 4.78 is 2.75. The van der Waals surface area contributed by atoms with Crippen LogP contribution in [0.4, 0.5) is 0 Å². The maximum atomic E-state index is 10.9. The van der Waals surface area contributed by atoms with E-state index in [4.69, 9.17) is 10.5 Å². The van der Waals surface area contributed by atoms with Crippen LogP contribution >= 0.6 is 0 Å². The van der Waals surface area contributed by atoms with E-state index >= 15 is 0 Å². The lowest BCUT2D eigenvalue weighted by Gasteiger charge is -1.93. The quantitative estimate of drug-likeness (QED) is 0.696. The van der Waals surface area contributed by atoms with Gasteiger partial charge in [-0.2, -0.15) is 10.5 Å². The Hall–Kier alpha value is -3.12. The lowest BCUT2D eigenvalue weighted by molar-refractivity contribution is 0.855. The minimum atomic E-state index is -0.245. The summed E-state index contributed by atoms with van der Waals surface area (Å²) in [6.45, 7) is 0. The van der Waals surface area contributed by atoms with Crippen molar-refractivity contribution >= 4 is 0 Å². The molecule has 0 saturated heterocycles. The molecule has 2 aromatic heterocycles. The molecular weight excluding hydrogens is 256 g/mol. The van der Waals surface area contributed by atoms with E-state index in [2.05, 4.69) is 0 Å². The molecule has 0 aliphatic heterocycles. The molecule has 2 heterocycles. The van der Waals surface area contributed by atoms with Gasteiger partial charge in [-0.1, -0.05) is 0 Å². The minimum Gasteiger partial charge on any atom is -0.317 e. The van der Waals surface area contributed by atoms with Crippen LogP contribution in [0.25, 0.3) is 0 Å². The van der Waals surface area contributed by atoms with Crippen molar-refractivity contribution in [1.29, 1.82) is 10.5 Å². The summed E-state index contributed by atoms with van der Waals surface area (Å²) in [5.74, 6) is 0. The van der Waals surface area contributed by atoms with Crippen LogP contribution in [0.3, 0.4) is 0 Å². The van der Waals surface area contributed by atoms with E-state index < -0.39 is 0 Å². The summed E-state index contributed by atoms with van der Waals surface area (Å²) in [6, 6.07) is 9.78. The zero-order valence-electron chi connectivity index (χ0n) is 11.1. The van der Waals surface area contributed by atoms with Crippen molar-refractivity contribution in [2.24, 2.45) is 14.1 Å². The molecule has 0 radical (unpaired) electrons. The second-order valence-electron chi connectivity index (χ2n) is 3.93. The Morgan fingerprint density at radius 1 is 1.00 bits per heavy atom. The number of pyridine rings is 2. The van der Waals surface area contributed by atoms with Crippen LogP contribution in [-0.4, -0.2) is 9.13 Å². The number of aromatic nitrogens is 2. The average Bonchev–Trinajstić information content (AvgIpc) is 2.45. The van der Waals surface area contributed by atoms with Crippen LogP contribution in [0.2, 0.25) is 0 Å². The number of nitrogens with zero attached hydrogens (tertiary/aromatic N) is 4. The Morgan fingerprint density at radius 3 is 2.20 bits per heavy atom. The third-order valence-electron chi connectivity index (χ3n) is 2.46. The van der Waals surface area contributed by atoms with Crippen LogP contribution < -0.4 is 11.1 Å². The van der Waals surface area contributed by atoms with Gasteiger partial charge in [-0.25, -0.2) is 0 Å². The largest absolute Gasteiger partial charge is 0.317 e. The summed E-state index contributed by atoms with van der Waals surface area (Å²) in [4.78, 5) is 21.7. The summed E-state index contributed by atoms with van der Waals surface area (Å²) in [5.41, 5.74) is 0.344. The molecule has 6 nitrogen and oxygen atoms in total. The van der Waals surface area contributed by atoms with Gasteiger partial charge in [0.25, 0.3) is 5.56 Å². The third-order valence-corrected chi connectivity index (χ3v) is 2.46. The predicted molar refractivity (Wildman–Crippen MR) is 72.8 cm³/mol. The molecule has 0 atom stereocenters. The van der Waals surface area contributed by atoms with Crippen molar-refractivity contribution in [1.82, 2.24) is 9.13 Å². The van der Waals surface area contributed by atoms with Gasteiger partial charge in [0.1, 0.15) is 17.7 Å². The fraction of sp³-hybridized carbons (Fsp3) is 0.143. The fourth-order valence-electron chi connectivity index (χ4n) is 1.34. The Kier molecular flexibility index (Phi) is 5.02. The van der Waals surface area contributed by atoms with Gasteiger partial charge in [0, 0.05) is 32.6 Å². The summed E-state index contributed by atoms with van der Waals surface area (Å²) >= 11 is 0. The van der Waals surface area contributed by atoms with Crippen molar-refractivity contribution in [2.45, 2.75) is 0 Å². The molecule has 20 heavy (non-hydrogen) atoms. The highest BCUT2D eigenvalue weighted by Gasteiger charge is 1.95. The molecule has 2 rings (SSSR count). The minimum absolute atomic E-state index is 0.0981. The normalized spacial score (nSPS) is 8.80. The van der Waals surface area contributed by atoms with Gasteiger partial charge >= 0.3 is 0 Å². The van der Waals surface area contributed by atoms with Crippen molar-refractivity contribution in [3.63, 3.8) is 0 Å². The Balaban J connectivity index is 0.000000200. The van der Waals surface area contributed by atoms with Gasteiger partial charge in [0.05, 0.1) is 5.56 Å². The first-order valence-corrected chi connectivity index (χ1v) is 5.62. The van der Waals surface area contributed by atoms with Crippen LogP contribution in [-0.2, 0) is 14.1 Å². The summed E-state index contributed by atoms with van der Waals surface area (Å²) in [5, 5.41) is 16.8. The first-order chi connectivity index (χ1) is 9.49. The molecule has 6 heteroatoms. The Morgan fingerprint density at radius 2 is 1.70 bits per heavy atom. The fourth-order valence-corrected chi connectivity index (χ4v) is 1.34. The summed E-state index contributed by atoms with van der Waals surface area (Å²) in [7, 11) is 3.23. The lowest BCUT2D eigenvalue weighted by atomic mass is 10.3. The molecule has 0 amide bonds. The molecule has 0 fully saturated rings. The molecule has 0 unspecified atom stereocenters. The standard InChI is InChI=1S/2C7H6N2O/c1-9-5-6(4-8)2-3-7(9)10;1-9-4-2-3-6(5-8)7(9)10/h2-3,5H,1H3;2-4H,1H3. The molecule has 0 aromatic carbocycles. The monoisotopic (exact) mass is 268 g/mol. The molecule has 0 N–H and O–H groups in total. The number of hydrogen-bond acceptors (Lipinski definition) is 4. The highest BCUT2D eigenvalue weighted by atomic mass is 16.1. The second kappa shape index (κ2) is 6.72. The number of rotatable bonds is 0. The van der Waals surface area contributed by atoms with Gasteiger partial charge in [-0.3, -0.25) is 9.59 Å². The predicted octanol–water partition coefficient (Wildman–Crippen LogP) is 0.514. The van der Waals surface area contributed by atoms with Gasteiger partial charge in [0.2, 0.25) is 5.56 Å². The van der Waals surface area contributed by atoms with Crippen molar-refractivity contribution in [2.75, 3.05) is 0 Å². The van der Waals surface area contributed by atoms with Crippen LogP contribution in [0.1, 0.15) is 11.1 Å². The van der Waals surface area contributed by atoms with Crippen LogP contribution in [0.15, 0.2) is 46.2 Å². The molecule has 0 bridgehead atoms. The topological polar surface area (TPSA) is 91.6 Å². The molecule has 0 saturated carbocycles. The lowest BCUT2D eigenvalue weighted by Crippen LogP contribution is -2.17. The van der Waals surface area contributed by atoms with Gasteiger partial charge in [0.15, 0.2) is 0 Å². The van der Waals surface area contributed by atoms with Gasteiger partial charge in [-0.15, -0.1) is 0 Å². The zero-order chi connectivity index (χ0) is 15.1. The third kappa shape index (κ3) is 3.69. The highest BCUT2D eigenvalue weighted by Crippen LogP contribution is 1.89. The SMILES string of the molecule is Cn1cc(C#N)ccc1=O.Cn1cccc(C#N)c1=O. The molecular formula is C14H12N4O2. The van der Waals surface area contributed by atoms with Crippen molar-refractivity contribution < 1.29 is 0 Å². The first-order valence-electron chi connectivity index (χ1n) is 5.62. The van der Waals surface area contributed by atoms with Crippen LogP contribution in [0, 0.1) is 22.7 Å². The van der Waals surface area contributed by atoms with E-state index in [1.165, 1.54) is 33.5 Å². The zero-order valence-corrected chi connectivity index (χ0v) is 11.1. The van der Waals surface area contributed by atoms with Crippen molar-refractivity contribution in [3.8, 4) is 12.1 Å². The number of nitriles is 2. The maximum absolute atomic E-state index is 10.9. The van der Waals surface area contributed by atoms with E-state index in [-0.39, 0.29) is 16.7 Å². The first kappa shape index (κ1) is 14.9. The average molecular weight is 268 g/mol. The summed E-state index contributed by atoms with van der Waals surface area (Å²) in [6.07, 6.45) is 3.12. The van der Waals surface area contributed by atoms with Gasteiger partial charge < -0.3 is 9.13 Å². The molecule has 100 valence electrons. The van der Waals surface area contributed by atoms with Crippen molar-refractivity contribution in [3.05, 3.63) is 68.5 Å². The number of hydrogen-bond donors (Lipinski definition) is 0. The molecule has 0 aliphatic rings. The van der Waals surface area contributed by atoms with E-state index in [9.17, 15) is 9.59 Å². The van der Waals surface area contributed by atoms with E-state index in [0.717, 1.165) is 0 Å². The smallest absolute Gasteiger partial charge is 0.268 e. The van der Waals surface area contributed by atoms with Gasteiger partial charge in [-0.05, 0) is 18.2 Å². The second-order valence-corrected chi connectivity index (χ2v) is 3.93. The molecule has 0 spiro atoms. The Labute approximate surface area is 115 Å².